The summed E-state index contributed by atoms with van der Waals surface area (Å²) in [4.78, 5) is 22.7. The number of carboxylic acids is 1. The number of carbonyl (C=O) groups is 2. The fraction of sp³-hybridized carbons (Fsp3) is 0.353. The second-order valence-electron chi connectivity index (χ2n) is 5.84. The molecule has 7 heteroatoms. The Morgan fingerprint density at radius 1 is 1.38 bits per heavy atom. The summed E-state index contributed by atoms with van der Waals surface area (Å²) in [6.07, 6.45) is 2.20. The molecule has 1 heterocycles. The van der Waals surface area contributed by atoms with Gasteiger partial charge in [-0.05, 0) is 37.5 Å². The lowest BCUT2D eigenvalue weighted by atomic mass is 10.1. The van der Waals surface area contributed by atoms with Crippen LogP contribution in [0.4, 0.5) is 0 Å². The van der Waals surface area contributed by atoms with Gasteiger partial charge in [-0.3, -0.25) is 4.79 Å². The molecule has 2 aromatic rings. The Labute approximate surface area is 138 Å². The van der Waals surface area contributed by atoms with Gasteiger partial charge in [0.15, 0.2) is 6.61 Å². The SMILES string of the molecule is CC(NC(=O)c1cc(C2CC2)no1)c1ccc(OCC(=O)O)cc1. The first-order valence-corrected chi connectivity index (χ1v) is 7.75. The minimum absolute atomic E-state index is 0.213. The number of nitrogens with one attached hydrogen (secondary N) is 1. The number of hydrogen-bond donors (Lipinski definition) is 2. The highest BCUT2D eigenvalue weighted by Gasteiger charge is 2.28. The van der Waals surface area contributed by atoms with Crippen LogP contribution in [0.3, 0.4) is 0 Å². The molecule has 1 aromatic heterocycles. The Kier molecular flexibility index (Phi) is 4.50. The largest absolute Gasteiger partial charge is 0.482 e. The number of aromatic nitrogens is 1. The van der Waals surface area contributed by atoms with Crippen molar-refractivity contribution in [3.8, 4) is 5.75 Å². The Morgan fingerprint density at radius 3 is 2.71 bits per heavy atom. The van der Waals surface area contributed by atoms with E-state index in [2.05, 4.69) is 10.5 Å². The van der Waals surface area contributed by atoms with Crippen molar-refractivity contribution in [2.24, 2.45) is 0 Å². The standard InChI is InChI=1S/C17H18N2O5/c1-10(11-4-6-13(7-5-11)23-9-16(20)21)18-17(22)15-8-14(19-24-15)12-2-3-12/h4-8,10,12H,2-3,9H2,1H3,(H,18,22)(H,20,21). The molecule has 2 N–H and O–H groups in total. The molecule has 1 aromatic carbocycles. The summed E-state index contributed by atoms with van der Waals surface area (Å²) >= 11 is 0. The van der Waals surface area contributed by atoms with Crippen molar-refractivity contribution in [3.63, 3.8) is 0 Å². The van der Waals surface area contributed by atoms with Gasteiger partial charge in [0.2, 0.25) is 5.76 Å². The summed E-state index contributed by atoms with van der Waals surface area (Å²) in [7, 11) is 0. The van der Waals surface area contributed by atoms with Crippen LogP contribution in [0.1, 0.15) is 53.5 Å². The molecule has 0 spiro atoms. The van der Waals surface area contributed by atoms with E-state index in [4.69, 9.17) is 14.4 Å². The van der Waals surface area contributed by atoms with Gasteiger partial charge in [-0.2, -0.15) is 0 Å². The van der Waals surface area contributed by atoms with Gasteiger partial charge in [0.1, 0.15) is 5.75 Å². The first kappa shape index (κ1) is 16.0. The second-order valence-corrected chi connectivity index (χ2v) is 5.84. The molecule has 1 fully saturated rings. The highest BCUT2D eigenvalue weighted by atomic mass is 16.5. The molecule has 0 radical (unpaired) electrons. The van der Waals surface area contributed by atoms with Crippen molar-refractivity contribution in [2.45, 2.75) is 31.7 Å². The third-order valence-corrected chi connectivity index (χ3v) is 3.84. The average molecular weight is 330 g/mol. The summed E-state index contributed by atoms with van der Waals surface area (Å²) in [5.41, 5.74) is 1.71. The first-order chi connectivity index (χ1) is 11.5. The molecule has 0 bridgehead atoms. The molecule has 0 saturated heterocycles. The van der Waals surface area contributed by atoms with Gasteiger partial charge >= 0.3 is 5.97 Å². The molecule has 24 heavy (non-hydrogen) atoms. The lowest BCUT2D eigenvalue weighted by Gasteiger charge is -2.13. The molecule has 0 aliphatic heterocycles. The summed E-state index contributed by atoms with van der Waals surface area (Å²) in [5.74, 6) is -0.231. The number of hydrogen-bond acceptors (Lipinski definition) is 5. The van der Waals surface area contributed by atoms with E-state index in [1.165, 1.54) is 0 Å². The zero-order valence-corrected chi connectivity index (χ0v) is 13.2. The van der Waals surface area contributed by atoms with Gasteiger partial charge in [0.25, 0.3) is 5.91 Å². The predicted octanol–water partition coefficient (Wildman–Crippen LogP) is 2.51. The fourth-order valence-electron chi connectivity index (χ4n) is 2.32. The number of amides is 1. The maximum atomic E-state index is 12.2. The van der Waals surface area contributed by atoms with Crippen LogP contribution in [0.25, 0.3) is 0 Å². The van der Waals surface area contributed by atoms with E-state index in [9.17, 15) is 9.59 Å². The van der Waals surface area contributed by atoms with Crippen molar-refractivity contribution in [3.05, 3.63) is 47.3 Å². The van der Waals surface area contributed by atoms with E-state index in [0.717, 1.165) is 24.1 Å². The molecular formula is C17H18N2O5. The van der Waals surface area contributed by atoms with Gasteiger partial charge in [0, 0.05) is 12.0 Å². The van der Waals surface area contributed by atoms with E-state index in [-0.39, 0.29) is 24.3 Å². The first-order valence-electron chi connectivity index (χ1n) is 7.75. The Bertz CT molecular complexity index is 734. The number of benzene rings is 1. The van der Waals surface area contributed by atoms with Crippen LogP contribution in [-0.2, 0) is 4.79 Å². The molecule has 126 valence electrons. The minimum Gasteiger partial charge on any atom is -0.482 e. The number of rotatable bonds is 7. The lowest BCUT2D eigenvalue weighted by molar-refractivity contribution is -0.139. The summed E-state index contributed by atoms with van der Waals surface area (Å²) in [5, 5.41) is 15.4. The summed E-state index contributed by atoms with van der Waals surface area (Å²) < 4.78 is 10.2. The molecule has 3 rings (SSSR count). The van der Waals surface area contributed by atoms with Gasteiger partial charge < -0.3 is 19.7 Å². The molecule has 1 aliphatic rings. The molecule has 1 saturated carbocycles. The molecule has 7 nitrogen and oxygen atoms in total. The quantitative estimate of drug-likeness (QED) is 0.809. The minimum atomic E-state index is -1.03. The van der Waals surface area contributed by atoms with Crippen LogP contribution in [0, 0.1) is 0 Å². The van der Waals surface area contributed by atoms with Crippen LogP contribution in [0.2, 0.25) is 0 Å². The maximum Gasteiger partial charge on any atom is 0.341 e. The monoisotopic (exact) mass is 330 g/mol. The molecule has 1 unspecified atom stereocenters. The predicted molar refractivity (Wildman–Crippen MR) is 83.9 cm³/mol. The van der Waals surface area contributed by atoms with Crippen LogP contribution < -0.4 is 10.1 Å². The van der Waals surface area contributed by atoms with E-state index in [1.807, 2.05) is 6.92 Å². The number of ether oxygens (including phenoxy) is 1. The normalized spacial score (nSPS) is 14.9. The Hall–Kier alpha value is -2.83. The number of carboxylic acid groups (broad SMARTS) is 1. The number of aliphatic carboxylic acids is 1. The van der Waals surface area contributed by atoms with E-state index in [1.54, 1.807) is 30.3 Å². The van der Waals surface area contributed by atoms with E-state index in [0.29, 0.717) is 11.7 Å². The van der Waals surface area contributed by atoms with Crippen molar-refractivity contribution in [2.75, 3.05) is 6.61 Å². The van der Waals surface area contributed by atoms with Gasteiger partial charge in [0.05, 0.1) is 11.7 Å². The molecular weight excluding hydrogens is 312 g/mol. The van der Waals surface area contributed by atoms with Crippen molar-refractivity contribution < 1.29 is 24.0 Å². The van der Waals surface area contributed by atoms with Gasteiger partial charge in [-0.25, -0.2) is 4.79 Å². The fourth-order valence-corrected chi connectivity index (χ4v) is 2.32. The molecule has 1 aliphatic carbocycles. The van der Waals surface area contributed by atoms with Crippen molar-refractivity contribution in [1.82, 2.24) is 10.5 Å². The maximum absolute atomic E-state index is 12.2. The highest BCUT2D eigenvalue weighted by molar-refractivity contribution is 5.91. The third kappa shape index (κ3) is 3.92. The van der Waals surface area contributed by atoms with Crippen LogP contribution in [-0.4, -0.2) is 28.7 Å². The lowest BCUT2D eigenvalue weighted by Crippen LogP contribution is -2.26. The summed E-state index contributed by atoms with van der Waals surface area (Å²) in [6, 6.07) is 8.35. The zero-order chi connectivity index (χ0) is 17.1. The molecule has 1 atom stereocenters. The number of nitrogens with zero attached hydrogens (tertiary/aromatic N) is 1. The van der Waals surface area contributed by atoms with Crippen molar-refractivity contribution >= 4 is 11.9 Å². The Balaban J connectivity index is 1.57. The average Bonchev–Trinajstić information content (AvgIpc) is 3.30. The van der Waals surface area contributed by atoms with Gasteiger partial charge in [-0.15, -0.1) is 0 Å². The smallest absolute Gasteiger partial charge is 0.341 e. The highest BCUT2D eigenvalue weighted by Crippen LogP contribution is 2.39. The Morgan fingerprint density at radius 2 is 2.08 bits per heavy atom. The topological polar surface area (TPSA) is 102 Å². The van der Waals surface area contributed by atoms with E-state index >= 15 is 0 Å². The zero-order valence-electron chi connectivity index (χ0n) is 13.2. The van der Waals surface area contributed by atoms with Crippen LogP contribution >= 0.6 is 0 Å². The van der Waals surface area contributed by atoms with Crippen LogP contribution in [0.15, 0.2) is 34.9 Å². The third-order valence-electron chi connectivity index (χ3n) is 3.84. The van der Waals surface area contributed by atoms with E-state index < -0.39 is 5.97 Å². The van der Waals surface area contributed by atoms with Gasteiger partial charge in [-0.1, -0.05) is 17.3 Å². The number of carbonyl (C=O) groups excluding carboxylic acids is 1. The molecule has 1 amide bonds. The van der Waals surface area contributed by atoms with Crippen molar-refractivity contribution in [1.29, 1.82) is 0 Å². The van der Waals surface area contributed by atoms with Crippen LogP contribution in [0.5, 0.6) is 5.75 Å². The second kappa shape index (κ2) is 6.74. The summed E-state index contributed by atoms with van der Waals surface area (Å²) in [6.45, 7) is 1.46.